The Morgan fingerprint density at radius 1 is 1.24 bits per heavy atom. The van der Waals surface area contributed by atoms with Gasteiger partial charge in [0.1, 0.15) is 5.54 Å². The summed E-state index contributed by atoms with van der Waals surface area (Å²) in [7, 11) is 0. The minimum absolute atomic E-state index is 0.0714. The molecule has 5 nitrogen and oxygen atoms in total. The Bertz CT molecular complexity index is 328. The lowest BCUT2D eigenvalue weighted by molar-refractivity contribution is -0.137. The molecule has 0 spiro atoms. The Morgan fingerprint density at radius 3 is 2.35 bits per heavy atom. The zero-order chi connectivity index (χ0) is 12.3. The van der Waals surface area contributed by atoms with Crippen LogP contribution in [0.2, 0.25) is 0 Å². The topological polar surface area (TPSA) is 75.4 Å². The van der Waals surface area contributed by atoms with Crippen molar-refractivity contribution in [1.29, 1.82) is 0 Å². The second-order valence-corrected chi connectivity index (χ2v) is 4.55. The maximum atomic E-state index is 12.1. The molecular formula is C12H19N3O2. The molecule has 0 unspecified atom stereocenters. The number of ketones is 2. The van der Waals surface area contributed by atoms with E-state index in [1.807, 2.05) is 4.90 Å². The average Bonchev–Trinajstić information content (AvgIpc) is 2.65. The van der Waals surface area contributed by atoms with Crippen LogP contribution in [0.5, 0.6) is 0 Å². The van der Waals surface area contributed by atoms with E-state index in [1.54, 1.807) is 0 Å². The summed E-state index contributed by atoms with van der Waals surface area (Å²) in [5, 5.41) is 3.23. The first-order chi connectivity index (χ1) is 8.21. The van der Waals surface area contributed by atoms with E-state index in [4.69, 9.17) is 5.73 Å². The van der Waals surface area contributed by atoms with Crippen molar-refractivity contribution in [1.82, 2.24) is 10.2 Å². The van der Waals surface area contributed by atoms with Gasteiger partial charge in [-0.2, -0.15) is 0 Å². The lowest BCUT2D eigenvalue weighted by atomic mass is 9.86. The highest BCUT2D eigenvalue weighted by Gasteiger charge is 2.50. The van der Waals surface area contributed by atoms with E-state index in [-0.39, 0.29) is 11.6 Å². The molecule has 0 atom stereocenters. The highest BCUT2D eigenvalue weighted by atomic mass is 16.2. The van der Waals surface area contributed by atoms with Crippen molar-refractivity contribution in [2.24, 2.45) is 5.73 Å². The van der Waals surface area contributed by atoms with Crippen molar-refractivity contribution in [2.75, 3.05) is 32.7 Å². The Hall–Kier alpha value is -1.04. The number of hydrogen-bond acceptors (Lipinski definition) is 5. The standard InChI is InChI=1S/C12H19N3O2/c13-5-1-4-12(10(16)2-3-11(12)17)15-8-6-14-7-9-15/h2-3,14H,1,4-9,13H2. The molecular weight excluding hydrogens is 218 g/mol. The normalized spacial score (nSPS) is 24.5. The molecule has 17 heavy (non-hydrogen) atoms. The number of carbonyl (C=O) groups is 2. The van der Waals surface area contributed by atoms with Gasteiger partial charge in [0, 0.05) is 26.2 Å². The molecule has 0 amide bonds. The smallest absolute Gasteiger partial charge is 0.183 e. The van der Waals surface area contributed by atoms with E-state index >= 15 is 0 Å². The lowest BCUT2D eigenvalue weighted by Gasteiger charge is -2.41. The fourth-order valence-corrected chi connectivity index (χ4v) is 2.67. The number of nitrogens with one attached hydrogen (secondary N) is 1. The van der Waals surface area contributed by atoms with Crippen LogP contribution in [0.1, 0.15) is 12.8 Å². The van der Waals surface area contributed by atoms with Gasteiger partial charge in [-0.3, -0.25) is 14.5 Å². The Balaban J connectivity index is 2.22. The van der Waals surface area contributed by atoms with Crippen molar-refractivity contribution in [3.8, 4) is 0 Å². The van der Waals surface area contributed by atoms with Gasteiger partial charge in [-0.05, 0) is 31.5 Å². The summed E-state index contributed by atoms with van der Waals surface area (Å²) in [5.41, 5.74) is 4.57. The van der Waals surface area contributed by atoms with Crippen molar-refractivity contribution in [2.45, 2.75) is 18.4 Å². The van der Waals surface area contributed by atoms with E-state index < -0.39 is 5.54 Å². The number of piperazine rings is 1. The third kappa shape index (κ3) is 2.06. The van der Waals surface area contributed by atoms with Crippen LogP contribution < -0.4 is 11.1 Å². The van der Waals surface area contributed by atoms with Gasteiger partial charge in [0.15, 0.2) is 11.6 Å². The molecule has 0 radical (unpaired) electrons. The quantitative estimate of drug-likeness (QED) is 0.618. The summed E-state index contributed by atoms with van der Waals surface area (Å²) in [6, 6.07) is 0. The van der Waals surface area contributed by atoms with E-state index in [2.05, 4.69) is 5.32 Å². The second kappa shape index (κ2) is 5.08. The Labute approximate surface area is 101 Å². The number of nitrogens with zero attached hydrogens (tertiary/aromatic N) is 1. The van der Waals surface area contributed by atoms with Crippen molar-refractivity contribution in [3.05, 3.63) is 12.2 Å². The first-order valence-corrected chi connectivity index (χ1v) is 6.14. The van der Waals surface area contributed by atoms with Crippen LogP contribution >= 0.6 is 0 Å². The molecule has 1 heterocycles. The van der Waals surface area contributed by atoms with E-state index in [0.29, 0.717) is 19.4 Å². The zero-order valence-corrected chi connectivity index (χ0v) is 9.95. The molecule has 0 aromatic heterocycles. The van der Waals surface area contributed by atoms with Crippen molar-refractivity contribution < 1.29 is 9.59 Å². The molecule has 94 valence electrons. The lowest BCUT2D eigenvalue weighted by Crippen LogP contribution is -2.62. The fourth-order valence-electron chi connectivity index (χ4n) is 2.67. The third-order valence-corrected chi connectivity index (χ3v) is 3.60. The summed E-state index contributed by atoms with van der Waals surface area (Å²) >= 11 is 0. The summed E-state index contributed by atoms with van der Waals surface area (Å²) < 4.78 is 0. The Morgan fingerprint density at radius 2 is 1.82 bits per heavy atom. The summed E-state index contributed by atoms with van der Waals surface area (Å²) in [6.07, 6.45) is 4.07. The molecule has 1 aliphatic heterocycles. The van der Waals surface area contributed by atoms with Crippen LogP contribution in [0.15, 0.2) is 12.2 Å². The summed E-state index contributed by atoms with van der Waals surface area (Å²) in [6.45, 7) is 3.64. The predicted octanol–water partition coefficient (Wildman–Crippen LogP) is -0.923. The van der Waals surface area contributed by atoms with Gasteiger partial charge >= 0.3 is 0 Å². The van der Waals surface area contributed by atoms with Crippen LogP contribution in [0.25, 0.3) is 0 Å². The summed E-state index contributed by atoms with van der Waals surface area (Å²) in [4.78, 5) is 26.2. The molecule has 0 saturated carbocycles. The first kappa shape index (κ1) is 12.4. The monoisotopic (exact) mass is 237 g/mol. The van der Waals surface area contributed by atoms with E-state index in [1.165, 1.54) is 12.2 Å². The van der Waals surface area contributed by atoms with Gasteiger partial charge < -0.3 is 11.1 Å². The number of rotatable bonds is 4. The molecule has 0 aromatic carbocycles. The van der Waals surface area contributed by atoms with Crippen molar-refractivity contribution >= 4 is 11.6 Å². The maximum Gasteiger partial charge on any atom is 0.183 e. The number of carbonyl (C=O) groups excluding carboxylic acids is 2. The fraction of sp³-hybridized carbons (Fsp3) is 0.667. The van der Waals surface area contributed by atoms with Crippen LogP contribution in [0.4, 0.5) is 0 Å². The van der Waals surface area contributed by atoms with E-state index in [0.717, 1.165) is 26.2 Å². The highest BCUT2D eigenvalue weighted by Crippen LogP contribution is 2.29. The molecule has 2 aliphatic rings. The highest BCUT2D eigenvalue weighted by molar-refractivity contribution is 6.26. The van der Waals surface area contributed by atoms with Gasteiger partial charge in [0.05, 0.1) is 0 Å². The minimum atomic E-state index is -0.943. The SMILES string of the molecule is NCCCC1(N2CCNCC2)C(=O)C=CC1=O. The molecule has 5 heteroatoms. The minimum Gasteiger partial charge on any atom is -0.330 e. The molecule has 1 fully saturated rings. The second-order valence-electron chi connectivity index (χ2n) is 4.55. The van der Waals surface area contributed by atoms with Crippen LogP contribution in [-0.2, 0) is 9.59 Å². The zero-order valence-electron chi connectivity index (χ0n) is 9.95. The van der Waals surface area contributed by atoms with Crippen LogP contribution in [0.3, 0.4) is 0 Å². The molecule has 1 aliphatic carbocycles. The van der Waals surface area contributed by atoms with Gasteiger partial charge in [-0.15, -0.1) is 0 Å². The predicted molar refractivity (Wildman–Crippen MR) is 64.6 cm³/mol. The maximum absolute atomic E-state index is 12.1. The van der Waals surface area contributed by atoms with E-state index in [9.17, 15) is 9.59 Å². The van der Waals surface area contributed by atoms with Crippen LogP contribution in [-0.4, -0.2) is 54.7 Å². The Kier molecular flexibility index (Phi) is 3.71. The average molecular weight is 237 g/mol. The first-order valence-electron chi connectivity index (χ1n) is 6.14. The van der Waals surface area contributed by atoms with Gasteiger partial charge in [-0.1, -0.05) is 0 Å². The molecule has 3 N–H and O–H groups in total. The molecule has 0 aromatic rings. The van der Waals surface area contributed by atoms with Crippen LogP contribution in [0, 0.1) is 0 Å². The molecule has 1 saturated heterocycles. The van der Waals surface area contributed by atoms with Gasteiger partial charge in [-0.25, -0.2) is 0 Å². The third-order valence-electron chi connectivity index (χ3n) is 3.60. The molecule has 0 bridgehead atoms. The summed E-state index contributed by atoms with van der Waals surface area (Å²) in [5.74, 6) is -0.143. The number of hydrogen-bond donors (Lipinski definition) is 2. The van der Waals surface area contributed by atoms with Gasteiger partial charge in [0.2, 0.25) is 0 Å². The largest absolute Gasteiger partial charge is 0.330 e. The number of nitrogens with two attached hydrogens (primary N) is 1. The van der Waals surface area contributed by atoms with Gasteiger partial charge in [0.25, 0.3) is 0 Å². The molecule has 2 rings (SSSR count). The van der Waals surface area contributed by atoms with Crippen molar-refractivity contribution in [3.63, 3.8) is 0 Å².